The number of ether oxygens (including phenoxy) is 1. The average molecular weight is 292 g/mol. The van der Waals surface area contributed by atoms with Gasteiger partial charge in [-0.25, -0.2) is 0 Å². The summed E-state index contributed by atoms with van der Waals surface area (Å²) in [4.78, 5) is 12.0. The van der Waals surface area contributed by atoms with Gasteiger partial charge in [0.2, 0.25) is 0 Å². The van der Waals surface area contributed by atoms with Crippen LogP contribution in [0.1, 0.15) is 31.2 Å². The molecule has 0 aromatic heterocycles. The van der Waals surface area contributed by atoms with Gasteiger partial charge in [-0.1, -0.05) is 31.5 Å². The van der Waals surface area contributed by atoms with E-state index in [2.05, 4.69) is 5.32 Å². The molecule has 1 aromatic carbocycles. The summed E-state index contributed by atoms with van der Waals surface area (Å²) in [6.07, 6.45) is 5.03. The summed E-state index contributed by atoms with van der Waals surface area (Å²) in [5, 5.41) is 2.88. The van der Waals surface area contributed by atoms with Crippen molar-refractivity contribution in [3.8, 4) is 5.75 Å². The van der Waals surface area contributed by atoms with Crippen LogP contribution in [0.5, 0.6) is 5.75 Å². The first-order valence-electron chi connectivity index (χ1n) is 6.94. The van der Waals surface area contributed by atoms with E-state index in [1.54, 1.807) is 24.3 Å². The van der Waals surface area contributed by atoms with Gasteiger partial charge in [-0.05, 0) is 36.6 Å². The molecule has 0 unspecified atom stereocenters. The number of benzene rings is 1. The molecule has 0 aliphatic heterocycles. The Morgan fingerprint density at radius 3 is 2.60 bits per heavy atom. The fourth-order valence-corrected chi connectivity index (χ4v) is 2.25. The second-order valence-corrected chi connectivity index (χ2v) is 5.55. The summed E-state index contributed by atoms with van der Waals surface area (Å²) in [5.74, 6) is 1.37. The summed E-state index contributed by atoms with van der Waals surface area (Å²) in [6.45, 7) is 0.782. The number of thiocarbonyl (C=S) groups is 1. The molecule has 0 radical (unpaired) electrons. The third kappa shape index (κ3) is 4.49. The SMILES string of the molecule is NC(=S)c1ccc(OCC(=O)NCCC2CCC2)cc1. The van der Waals surface area contributed by atoms with E-state index in [9.17, 15) is 4.79 Å². The number of hydrogen-bond donors (Lipinski definition) is 2. The van der Waals surface area contributed by atoms with Gasteiger partial charge in [0.05, 0.1) is 0 Å². The normalized spacial score (nSPS) is 14.4. The molecule has 1 aliphatic rings. The zero-order chi connectivity index (χ0) is 14.4. The molecule has 3 N–H and O–H groups in total. The van der Waals surface area contributed by atoms with Crippen LogP contribution in [-0.4, -0.2) is 24.0 Å². The predicted molar refractivity (Wildman–Crippen MR) is 82.8 cm³/mol. The number of hydrogen-bond acceptors (Lipinski definition) is 3. The molecule has 0 bridgehead atoms. The van der Waals surface area contributed by atoms with Crippen molar-refractivity contribution in [2.24, 2.45) is 11.7 Å². The average Bonchev–Trinajstić information content (AvgIpc) is 2.39. The van der Waals surface area contributed by atoms with Crippen LogP contribution in [0.3, 0.4) is 0 Å². The second-order valence-electron chi connectivity index (χ2n) is 5.11. The predicted octanol–water partition coefficient (Wildman–Crippen LogP) is 2.01. The number of carbonyl (C=O) groups is 1. The van der Waals surface area contributed by atoms with Crippen molar-refractivity contribution in [1.82, 2.24) is 5.32 Å². The van der Waals surface area contributed by atoms with Gasteiger partial charge in [0.15, 0.2) is 6.61 Å². The van der Waals surface area contributed by atoms with E-state index in [1.165, 1.54) is 19.3 Å². The summed E-state index contributed by atoms with van der Waals surface area (Å²) >= 11 is 4.87. The molecule has 0 saturated heterocycles. The molecule has 0 heterocycles. The lowest BCUT2D eigenvalue weighted by Gasteiger charge is -2.25. The van der Waals surface area contributed by atoms with E-state index in [1.807, 2.05) is 0 Å². The Balaban J connectivity index is 1.65. The van der Waals surface area contributed by atoms with Crippen LogP contribution in [0.15, 0.2) is 24.3 Å². The first kappa shape index (κ1) is 14.8. The zero-order valence-corrected chi connectivity index (χ0v) is 12.2. The van der Waals surface area contributed by atoms with Crippen LogP contribution in [0.25, 0.3) is 0 Å². The number of nitrogens with two attached hydrogens (primary N) is 1. The highest BCUT2D eigenvalue weighted by molar-refractivity contribution is 7.80. The molecule has 1 aromatic rings. The summed E-state index contributed by atoms with van der Waals surface area (Å²) in [6, 6.07) is 7.09. The molecule has 2 rings (SSSR count). The van der Waals surface area contributed by atoms with Crippen molar-refractivity contribution in [2.75, 3.05) is 13.2 Å². The molecule has 1 aliphatic carbocycles. The Kier molecular flexibility index (Phi) is 5.35. The zero-order valence-electron chi connectivity index (χ0n) is 11.4. The van der Waals surface area contributed by atoms with Gasteiger partial charge in [-0.3, -0.25) is 4.79 Å². The minimum absolute atomic E-state index is 0.0388. The highest BCUT2D eigenvalue weighted by Crippen LogP contribution is 2.28. The monoisotopic (exact) mass is 292 g/mol. The Morgan fingerprint density at radius 1 is 1.35 bits per heavy atom. The maximum absolute atomic E-state index is 11.6. The Hall–Kier alpha value is -1.62. The van der Waals surface area contributed by atoms with Crippen molar-refractivity contribution >= 4 is 23.1 Å². The number of amides is 1. The first-order chi connectivity index (χ1) is 9.65. The van der Waals surface area contributed by atoms with Crippen LogP contribution in [0.4, 0.5) is 0 Å². The second kappa shape index (κ2) is 7.24. The molecule has 0 atom stereocenters. The molecule has 108 valence electrons. The molecule has 1 amide bonds. The molecule has 1 fully saturated rings. The molecular weight excluding hydrogens is 272 g/mol. The van der Waals surface area contributed by atoms with Crippen molar-refractivity contribution in [2.45, 2.75) is 25.7 Å². The van der Waals surface area contributed by atoms with Crippen LogP contribution in [-0.2, 0) is 4.79 Å². The van der Waals surface area contributed by atoms with Gasteiger partial charge < -0.3 is 15.8 Å². The molecule has 20 heavy (non-hydrogen) atoms. The van der Waals surface area contributed by atoms with E-state index in [-0.39, 0.29) is 12.5 Å². The molecular formula is C15H20N2O2S. The summed E-state index contributed by atoms with van der Waals surface area (Å²) in [7, 11) is 0. The highest BCUT2D eigenvalue weighted by atomic mass is 32.1. The fraction of sp³-hybridized carbons (Fsp3) is 0.467. The number of carbonyl (C=O) groups excluding carboxylic acids is 1. The minimum Gasteiger partial charge on any atom is -0.484 e. The van der Waals surface area contributed by atoms with Gasteiger partial charge in [-0.2, -0.15) is 0 Å². The Bertz CT molecular complexity index is 469. The maximum Gasteiger partial charge on any atom is 0.257 e. The lowest BCUT2D eigenvalue weighted by molar-refractivity contribution is -0.123. The standard InChI is InChI=1S/C15H20N2O2S/c16-15(20)12-4-6-13(7-5-12)19-10-14(18)17-9-8-11-2-1-3-11/h4-7,11H,1-3,8-10H2,(H2,16,20)(H,17,18). The molecule has 0 spiro atoms. The van der Waals surface area contributed by atoms with Gasteiger partial charge in [-0.15, -0.1) is 0 Å². The van der Waals surface area contributed by atoms with Crippen molar-refractivity contribution in [1.29, 1.82) is 0 Å². The van der Waals surface area contributed by atoms with Crippen molar-refractivity contribution < 1.29 is 9.53 Å². The lowest BCUT2D eigenvalue weighted by Crippen LogP contribution is -2.31. The molecule has 1 saturated carbocycles. The van der Waals surface area contributed by atoms with Crippen LogP contribution >= 0.6 is 12.2 Å². The van der Waals surface area contributed by atoms with Crippen LogP contribution in [0, 0.1) is 5.92 Å². The van der Waals surface area contributed by atoms with Gasteiger partial charge in [0.25, 0.3) is 5.91 Å². The number of rotatable bonds is 7. The highest BCUT2D eigenvalue weighted by Gasteiger charge is 2.16. The van der Waals surface area contributed by atoms with Gasteiger partial charge in [0, 0.05) is 12.1 Å². The summed E-state index contributed by atoms with van der Waals surface area (Å²) < 4.78 is 5.40. The van der Waals surface area contributed by atoms with E-state index in [0.29, 0.717) is 10.7 Å². The lowest BCUT2D eigenvalue weighted by atomic mass is 9.83. The van der Waals surface area contributed by atoms with E-state index in [0.717, 1.165) is 24.4 Å². The van der Waals surface area contributed by atoms with E-state index >= 15 is 0 Å². The first-order valence-corrected chi connectivity index (χ1v) is 7.35. The van der Waals surface area contributed by atoms with Crippen molar-refractivity contribution in [3.05, 3.63) is 29.8 Å². The fourth-order valence-electron chi connectivity index (χ4n) is 2.11. The van der Waals surface area contributed by atoms with Crippen LogP contribution in [0.2, 0.25) is 0 Å². The Labute approximate surface area is 124 Å². The van der Waals surface area contributed by atoms with Gasteiger partial charge in [0.1, 0.15) is 10.7 Å². The number of nitrogens with one attached hydrogen (secondary N) is 1. The Morgan fingerprint density at radius 2 is 2.05 bits per heavy atom. The molecule has 5 heteroatoms. The van der Waals surface area contributed by atoms with Crippen LogP contribution < -0.4 is 15.8 Å². The van der Waals surface area contributed by atoms with E-state index in [4.69, 9.17) is 22.7 Å². The largest absolute Gasteiger partial charge is 0.484 e. The quantitative estimate of drug-likeness (QED) is 0.755. The minimum atomic E-state index is -0.0808. The van der Waals surface area contributed by atoms with E-state index < -0.39 is 0 Å². The van der Waals surface area contributed by atoms with Gasteiger partial charge >= 0.3 is 0 Å². The smallest absolute Gasteiger partial charge is 0.257 e. The third-order valence-electron chi connectivity index (χ3n) is 3.61. The third-order valence-corrected chi connectivity index (χ3v) is 3.84. The maximum atomic E-state index is 11.6. The summed E-state index contributed by atoms with van der Waals surface area (Å²) in [5.41, 5.74) is 6.30. The molecule has 4 nitrogen and oxygen atoms in total. The van der Waals surface area contributed by atoms with Crippen molar-refractivity contribution in [3.63, 3.8) is 0 Å². The topological polar surface area (TPSA) is 64.3 Å².